The van der Waals surface area contributed by atoms with E-state index in [2.05, 4.69) is 11.8 Å². The normalized spacial score (nSPS) is 26.2. The van der Waals surface area contributed by atoms with Gasteiger partial charge in [-0.25, -0.2) is 4.39 Å². The molecule has 1 N–H and O–H groups in total. The minimum Gasteiger partial charge on any atom is -0.393 e. The minimum absolute atomic E-state index is 0.141. The van der Waals surface area contributed by atoms with Gasteiger partial charge in [0.2, 0.25) is 0 Å². The average molecular weight is 293 g/mol. The first-order chi connectivity index (χ1) is 10.1. The van der Waals surface area contributed by atoms with Crippen LogP contribution in [0.3, 0.4) is 0 Å². The molecule has 0 heterocycles. The van der Waals surface area contributed by atoms with Crippen LogP contribution in [0.15, 0.2) is 24.3 Å². The number of hydrogen-bond acceptors (Lipinski definition) is 2. The van der Waals surface area contributed by atoms with Crippen molar-refractivity contribution in [2.75, 3.05) is 13.6 Å². The lowest BCUT2D eigenvalue weighted by Gasteiger charge is -2.35. The van der Waals surface area contributed by atoms with Crippen molar-refractivity contribution in [2.24, 2.45) is 11.8 Å². The van der Waals surface area contributed by atoms with Crippen LogP contribution >= 0.6 is 0 Å². The maximum absolute atomic E-state index is 13.7. The van der Waals surface area contributed by atoms with E-state index in [4.69, 9.17) is 0 Å². The predicted octanol–water partition coefficient (Wildman–Crippen LogP) is 3.83. The van der Waals surface area contributed by atoms with Gasteiger partial charge in [-0.2, -0.15) is 0 Å². The molecule has 3 heteroatoms. The van der Waals surface area contributed by atoms with Crippen molar-refractivity contribution in [3.63, 3.8) is 0 Å². The molecule has 0 radical (unpaired) electrons. The van der Waals surface area contributed by atoms with Gasteiger partial charge in [-0.3, -0.25) is 0 Å². The standard InChI is InChI=1S/C18H28FNO/c1-3-6-14-9-10-18(21)16(11-14)13-20(2)12-15-7-4-5-8-17(15)19/h4-5,7-8,14,16,18,21H,3,6,9-13H2,1-2H3. The summed E-state index contributed by atoms with van der Waals surface area (Å²) >= 11 is 0. The Hall–Kier alpha value is -0.930. The summed E-state index contributed by atoms with van der Waals surface area (Å²) in [5.41, 5.74) is 0.732. The number of nitrogens with zero attached hydrogens (tertiary/aromatic N) is 1. The first kappa shape index (κ1) is 16.4. The molecule has 0 bridgehead atoms. The highest BCUT2D eigenvalue weighted by Crippen LogP contribution is 2.32. The van der Waals surface area contributed by atoms with Crippen LogP contribution < -0.4 is 0 Å². The minimum atomic E-state index is -0.193. The molecule has 1 saturated carbocycles. The fourth-order valence-electron chi connectivity index (χ4n) is 3.59. The highest BCUT2D eigenvalue weighted by atomic mass is 19.1. The van der Waals surface area contributed by atoms with E-state index in [1.807, 2.05) is 19.2 Å². The second-order valence-electron chi connectivity index (χ2n) is 6.58. The SMILES string of the molecule is CCCC1CCC(O)C(CN(C)Cc2ccccc2F)C1. The van der Waals surface area contributed by atoms with Gasteiger partial charge < -0.3 is 10.0 Å². The lowest BCUT2D eigenvalue weighted by atomic mass is 9.77. The number of halogens is 1. The van der Waals surface area contributed by atoms with E-state index in [0.717, 1.165) is 37.3 Å². The van der Waals surface area contributed by atoms with Crippen molar-refractivity contribution in [3.05, 3.63) is 35.6 Å². The molecule has 0 saturated heterocycles. The Morgan fingerprint density at radius 3 is 2.76 bits per heavy atom. The first-order valence-corrected chi connectivity index (χ1v) is 8.20. The van der Waals surface area contributed by atoms with Crippen molar-refractivity contribution in [1.82, 2.24) is 4.90 Å². The topological polar surface area (TPSA) is 23.5 Å². The zero-order valence-electron chi connectivity index (χ0n) is 13.3. The molecule has 0 amide bonds. The fourth-order valence-corrected chi connectivity index (χ4v) is 3.59. The molecule has 1 fully saturated rings. The van der Waals surface area contributed by atoms with Gasteiger partial charge in [-0.15, -0.1) is 0 Å². The van der Waals surface area contributed by atoms with Crippen molar-refractivity contribution in [1.29, 1.82) is 0 Å². The Kier molecular flexibility index (Phi) is 6.19. The Morgan fingerprint density at radius 2 is 2.05 bits per heavy atom. The first-order valence-electron chi connectivity index (χ1n) is 8.20. The molecular formula is C18H28FNO. The average Bonchev–Trinajstić information content (AvgIpc) is 2.45. The Morgan fingerprint density at radius 1 is 1.29 bits per heavy atom. The molecule has 3 unspecified atom stereocenters. The van der Waals surface area contributed by atoms with Crippen LogP contribution in [0, 0.1) is 17.7 Å². The van der Waals surface area contributed by atoms with Gasteiger partial charge in [-0.1, -0.05) is 38.0 Å². The van der Waals surface area contributed by atoms with Crippen molar-refractivity contribution in [3.8, 4) is 0 Å². The van der Waals surface area contributed by atoms with Crippen LogP contribution in [0.1, 0.15) is 44.6 Å². The molecule has 2 rings (SSSR count). The van der Waals surface area contributed by atoms with Gasteiger partial charge >= 0.3 is 0 Å². The zero-order chi connectivity index (χ0) is 15.2. The lowest BCUT2D eigenvalue weighted by Crippen LogP contribution is -2.37. The van der Waals surface area contributed by atoms with Gasteiger partial charge in [0.15, 0.2) is 0 Å². The Bertz CT molecular complexity index is 437. The molecule has 0 spiro atoms. The molecule has 1 aromatic rings. The molecule has 21 heavy (non-hydrogen) atoms. The van der Waals surface area contributed by atoms with Gasteiger partial charge in [-0.05, 0) is 44.2 Å². The molecule has 0 aliphatic heterocycles. The molecule has 1 aliphatic carbocycles. The Balaban J connectivity index is 1.88. The summed E-state index contributed by atoms with van der Waals surface area (Å²) in [6, 6.07) is 6.94. The van der Waals surface area contributed by atoms with E-state index in [1.165, 1.54) is 18.9 Å². The van der Waals surface area contributed by atoms with E-state index < -0.39 is 0 Å². The van der Waals surface area contributed by atoms with E-state index in [0.29, 0.717) is 12.5 Å². The van der Waals surface area contributed by atoms with Gasteiger partial charge in [0.1, 0.15) is 5.82 Å². The van der Waals surface area contributed by atoms with Crippen LogP contribution in [0.5, 0.6) is 0 Å². The predicted molar refractivity (Wildman–Crippen MR) is 84.5 cm³/mol. The van der Waals surface area contributed by atoms with Crippen LogP contribution in [0.4, 0.5) is 4.39 Å². The number of benzene rings is 1. The molecular weight excluding hydrogens is 265 g/mol. The summed E-state index contributed by atoms with van der Waals surface area (Å²) in [4.78, 5) is 2.14. The van der Waals surface area contributed by atoms with Gasteiger partial charge in [0.25, 0.3) is 0 Å². The summed E-state index contributed by atoms with van der Waals surface area (Å²) in [6.45, 7) is 3.67. The third-order valence-corrected chi connectivity index (χ3v) is 4.69. The highest BCUT2D eigenvalue weighted by Gasteiger charge is 2.29. The molecule has 118 valence electrons. The van der Waals surface area contributed by atoms with E-state index >= 15 is 0 Å². The zero-order valence-corrected chi connectivity index (χ0v) is 13.3. The third-order valence-electron chi connectivity index (χ3n) is 4.69. The summed E-state index contributed by atoms with van der Waals surface area (Å²) in [5.74, 6) is 0.940. The Labute approximate surface area is 128 Å². The van der Waals surface area contributed by atoms with Crippen molar-refractivity contribution < 1.29 is 9.50 Å². The lowest BCUT2D eigenvalue weighted by molar-refractivity contribution is 0.0286. The summed E-state index contributed by atoms with van der Waals surface area (Å²) in [7, 11) is 2.02. The molecule has 3 atom stereocenters. The largest absolute Gasteiger partial charge is 0.393 e. The van der Waals surface area contributed by atoms with Crippen molar-refractivity contribution >= 4 is 0 Å². The van der Waals surface area contributed by atoms with Crippen LogP contribution in [0.2, 0.25) is 0 Å². The van der Waals surface area contributed by atoms with E-state index in [-0.39, 0.29) is 11.9 Å². The maximum Gasteiger partial charge on any atom is 0.127 e. The number of aliphatic hydroxyl groups excluding tert-OH is 1. The monoisotopic (exact) mass is 293 g/mol. The molecule has 1 aliphatic rings. The van der Waals surface area contributed by atoms with E-state index in [1.54, 1.807) is 6.07 Å². The fraction of sp³-hybridized carbons (Fsp3) is 0.667. The number of hydrogen-bond donors (Lipinski definition) is 1. The van der Waals surface area contributed by atoms with E-state index in [9.17, 15) is 9.50 Å². The third kappa shape index (κ3) is 4.79. The molecule has 2 nitrogen and oxygen atoms in total. The highest BCUT2D eigenvalue weighted by molar-refractivity contribution is 5.17. The molecule has 1 aromatic carbocycles. The quantitative estimate of drug-likeness (QED) is 0.861. The van der Waals surface area contributed by atoms with Crippen LogP contribution in [-0.4, -0.2) is 29.7 Å². The summed E-state index contributed by atoms with van der Waals surface area (Å²) in [6.07, 6.45) is 5.47. The number of rotatable bonds is 6. The smallest absolute Gasteiger partial charge is 0.127 e. The second kappa shape index (κ2) is 7.90. The molecule has 0 aromatic heterocycles. The van der Waals surface area contributed by atoms with Crippen molar-refractivity contribution in [2.45, 2.75) is 51.7 Å². The number of aliphatic hydroxyl groups is 1. The van der Waals surface area contributed by atoms with Gasteiger partial charge in [0.05, 0.1) is 6.10 Å². The van der Waals surface area contributed by atoms with Crippen LogP contribution in [0.25, 0.3) is 0 Å². The maximum atomic E-state index is 13.7. The van der Waals surface area contributed by atoms with Gasteiger partial charge in [0, 0.05) is 18.7 Å². The summed E-state index contributed by atoms with van der Waals surface area (Å²) in [5, 5.41) is 10.2. The second-order valence-corrected chi connectivity index (χ2v) is 6.58. The van der Waals surface area contributed by atoms with Crippen LogP contribution in [-0.2, 0) is 6.54 Å². The summed E-state index contributed by atoms with van der Waals surface area (Å²) < 4.78 is 13.7.